The summed E-state index contributed by atoms with van der Waals surface area (Å²) in [6, 6.07) is 0.673. The van der Waals surface area contributed by atoms with Gasteiger partial charge < -0.3 is 26.0 Å². The molecule has 9 heteroatoms. The normalized spacial score (nSPS) is 29.1. The zero-order valence-electron chi connectivity index (χ0n) is 17.9. The van der Waals surface area contributed by atoms with Crippen molar-refractivity contribution < 1.29 is 14.9 Å². The number of ether oxygens (including phenoxy) is 1. The van der Waals surface area contributed by atoms with Crippen LogP contribution in [0, 0.1) is 0 Å². The van der Waals surface area contributed by atoms with E-state index in [1.165, 1.54) is 23.3 Å². The molecule has 0 bridgehead atoms. The van der Waals surface area contributed by atoms with Crippen molar-refractivity contribution in [3.8, 4) is 5.88 Å². The van der Waals surface area contributed by atoms with Crippen LogP contribution in [0.2, 0.25) is 0 Å². The zero-order valence-corrected chi connectivity index (χ0v) is 18.7. The topological polar surface area (TPSA) is 117 Å². The highest BCUT2D eigenvalue weighted by Gasteiger charge is 2.33. The Bertz CT molecular complexity index is 893. The molecule has 3 aliphatic rings. The minimum atomic E-state index is -1.22. The molecule has 1 saturated heterocycles. The van der Waals surface area contributed by atoms with E-state index in [2.05, 4.69) is 20.2 Å². The smallest absolute Gasteiger partial charge is 0.225 e. The van der Waals surface area contributed by atoms with Gasteiger partial charge in [-0.05, 0) is 56.4 Å². The molecule has 3 heterocycles. The first kappa shape index (κ1) is 21.5. The number of aryl methyl sites for hydroxylation is 1. The average Bonchev–Trinajstić information content (AvgIpc) is 3.35. The molecule has 8 nitrogen and oxygen atoms in total. The SMILES string of the molecule is NC(O)C(O)C[C@H]1CCc2sc3ncnc(OC4CCC(N5CCNCC5)CC4)c3c21. The summed E-state index contributed by atoms with van der Waals surface area (Å²) in [4.78, 5) is 13.9. The highest BCUT2D eigenvalue weighted by molar-refractivity contribution is 7.19. The van der Waals surface area contributed by atoms with Crippen LogP contribution >= 0.6 is 11.3 Å². The lowest BCUT2D eigenvalue weighted by molar-refractivity contribution is 0.0146. The fourth-order valence-corrected chi connectivity index (χ4v) is 6.76. The number of rotatable bonds is 6. The van der Waals surface area contributed by atoms with Crippen LogP contribution in [-0.2, 0) is 6.42 Å². The fraction of sp³-hybridized carbons (Fsp3) is 0.727. The highest BCUT2D eigenvalue weighted by Crippen LogP contribution is 2.47. The van der Waals surface area contributed by atoms with Crippen LogP contribution < -0.4 is 15.8 Å². The summed E-state index contributed by atoms with van der Waals surface area (Å²) < 4.78 is 6.48. The Balaban J connectivity index is 1.31. The molecule has 2 unspecified atom stereocenters. The number of hydrogen-bond donors (Lipinski definition) is 4. The standard InChI is InChI=1S/C22H33N5O3S/c23-20(29)16(28)11-13-1-6-17-18(13)19-21(25-12-26-22(19)31-17)30-15-4-2-14(3-5-15)27-9-7-24-8-10-27/h12-16,20,24,28-29H,1-11,23H2/t13-,14?,15?,16?,20?/m1/s1. The van der Waals surface area contributed by atoms with Crippen molar-refractivity contribution in [3.05, 3.63) is 16.8 Å². The van der Waals surface area contributed by atoms with Crippen LogP contribution in [0.3, 0.4) is 0 Å². The molecule has 0 radical (unpaired) electrons. The molecule has 2 aromatic heterocycles. The molecule has 2 fully saturated rings. The molecular weight excluding hydrogens is 414 g/mol. The van der Waals surface area contributed by atoms with E-state index >= 15 is 0 Å². The van der Waals surface area contributed by atoms with Gasteiger partial charge in [-0.3, -0.25) is 4.90 Å². The monoisotopic (exact) mass is 447 g/mol. The van der Waals surface area contributed by atoms with E-state index in [0.717, 1.165) is 62.1 Å². The number of nitrogens with two attached hydrogens (primary N) is 1. The van der Waals surface area contributed by atoms with Crippen molar-refractivity contribution in [2.24, 2.45) is 5.73 Å². The molecule has 1 aliphatic heterocycles. The van der Waals surface area contributed by atoms with Crippen LogP contribution in [0.5, 0.6) is 5.88 Å². The van der Waals surface area contributed by atoms with Gasteiger partial charge in [-0.2, -0.15) is 0 Å². The van der Waals surface area contributed by atoms with E-state index < -0.39 is 12.3 Å². The van der Waals surface area contributed by atoms with Crippen molar-refractivity contribution in [2.75, 3.05) is 26.2 Å². The van der Waals surface area contributed by atoms with Gasteiger partial charge in [0, 0.05) is 37.1 Å². The molecular formula is C22H33N5O3S. The van der Waals surface area contributed by atoms with Gasteiger partial charge in [-0.25, -0.2) is 9.97 Å². The van der Waals surface area contributed by atoms with E-state index in [4.69, 9.17) is 10.5 Å². The Hall–Kier alpha value is -1.36. The van der Waals surface area contributed by atoms with E-state index in [1.807, 2.05) is 0 Å². The number of thiophene rings is 1. The maximum absolute atomic E-state index is 10.1. The Morgan fingerprint density at radius 3 is 2.68 bits per heavy atom. The predicted molar refractivity (Wildman–Crippen MR) is 120 cm³/mol. The van der Waals surface area contributed by atoms with Crippen LogP contribution in [0.1, 0.15) is 54.9 Å². The molecule has 0 amide bonds. The zero-order chi connectivity index (χ0) is 21.4. The number of nitrogens with zero attached hydrogens (tertiary/aromatic N) is 3. The number of piperazine rings is 1. The first-order valence-electron chi connectivity index (χ1n) is 11.6. The quantitative estimate of drug-likeness (QED) is 0.490. The number of aromatic nitrogens is 2. The Morgan fingerprint density at radius 2 is 1.94 bits per heavy atom. The summed E-state index contributed by atoms with van der Waals surface area (Å²) >= 11 is 1.70. The second-order valence-electron chi connectivity index (χ2n) is 9.16. The lowest BCUT2D eigenvalue weighted by Gasteiger charge is -2.39. The summed E-state index contributed by atoms with van der Waals surface area (Å²) in [5.41, 5.74) is 6.69. The van der Waals surface area contributed by atoms with Gasteiger partial charge in [0.05, 0.1) is 11.5 Å². The van der Waals surface area contributed by atoms with E-state index in [1.54, 1.807) is 17.7 Å². The van der Waals surface area contributed by atoms with Crippen molar-refractivity contribution in [3.63, 3.8) is 0 Å². The minimum absolute atomic E-state index is 0.147. The summed E-state index contributed by atoms with van der Waals surface area (Å²) in [6.07, 6.45) is 6.43. The Kier molecular flexibility index (Phi) is 6.41. The maximum Gasteiger partial charge on any atom is 0.225 e. The van der Waals surface area contributed by atoms with Gasteiger partial charge in [0.25, 0.3) is 0 Å². The van der Waals surface area contributed by atoms with E-state index in [-0.39, 0.29) is 12.0 Å². The third-order valence-electron chi connectivity index (χ3n) is 7.21. The molecule has 1 saturated carbocycles. The third kappa shape index (κ3) is 4.44. The second-order valence-corrected chi connectivity index (χ2v) is 10.2. The molecule has 0 spiro atoms. The van der Waals surface area contributed by atoms with Crippen LogP contribution in [-0.4, -0.2) is 75.7 Å². The highest BCUT2D eigenvalue weighted by atomic mass is 32.1. The number of fused-ring (bicyclic) bond motifs is 3. The molecule has 0 aromatic carbocycles. The van der Waals surface area contributed by atoms with Gasteiger partial charge >= 0.3 is 0 Å². The summed E-state index contributed by atoms with van der Waals surface area (Å²) in [5, 5.41) is 24.1. The van der Waals surface area contributed by atoms with Crippen LogP contribution in [0.15, 0.2) is 6.33 Å². The Morgan fingerprint density at radius 1 is 1.16 bits per heavy atom. The number of nitrogens with one attached hydrogen (secondary N) is 1. The summed E-state index contributed by atoms with van der Waals surface area (Å²) in [7, 11) is 0. The average molecular weight is 448 g/mol. The number of aliphatic hydroxyl groups excluding tert-OH is 2. The molecule has 3 atom stereocenters. The molecule has 5 rings (SSSR count). The number of aliphatic hydroxyl groups is 2. The largest absolute Gasteiger partial charge is 0.474 e. The van der Waals surface area contributed by atoms with Gasteiger partial charge in [0.15, 0.2) is 0 Å². The van der Waals surface area contributed by atoms with E-state index in [0.29, 0.717) is 18.3 Å². The van der Waals surface area contributed by atoms with Gasteiger partial charge in [0.2, 0.25) is 5.88 Å². The third-order valence-corrected chi connectivity index (χ3v) is 8.38. The van der Waals surface area contributed by atoms with Gasteiger partial charge in [-0.15, -0.1) is 11.3 Å². The van der Waals surface area contributed by atoms with Crippen molar-refractivity contribution in [1.82, 2.24) is 20.2 Å². The van der Waals surface area contributed by atoms with Crippen LogP contribution in [0.25, 0.3) is 10.2 Å². The number of hydrogen-bond acceptors (Lipinski definition) is 9. The predicted octanol–water partition coefficient (Wildman–Crippen LogP) is 1.34. The van der Waals surface area contributed by atoms with Crippen LogP contribution in [0.4, 0.5) is 0 Å². The second kappa shape index (κ2) is 9.25. The van der Waals surface area contributed by atoms with Crippen molar-refractivity contribution in [2.45, 2.75) is 75.3 Å². The molecule has 2 aromatic rings. The van der Waals surface area contributed by atoms with Crippen molar-refractivity contribution in [1.29, 1.82) is 0 Å². The summed E-state index contributed by atoms with van der Waals surface area (Å²) in [6.45, 7) is 4.48. The molecule has 2 aliphatic carbocycles. The van der Waals surface area contributed by atoms with Crippen molar-refractivity contribution >= 4 is 21.6 Å². The molecule has 170 valence electrons. The Labute approximate surface area is 186 Å². The first-order chi connectivity index (χ1) is 15.1. The first-order valence-corrected chi connectivity index (χ1v) is 12.4. The fourth-order valence-electron chi connectivity index (χ4n) is 5.53. The van der Waals surface area contributed by atoms with Gasteiger partial charge in [-0.1, -0.05) is 0 Å². The maximum atomic E-state index is 10.1. The lowest BCUT2D eigenvalue weighted by atomic mass is 9.91. The molecule has 5 N–H and O–H groups in total. The van der Waals surface area contributed by atoms with E-state index in [9.17, 15) is 10.2 Å². The lowest BCUT2D eigenvalue weighted by Crippen LogP contribution is -2.50. The summed E-state index contributed by atoms with van der Waals surface area (Å²) in [5.74, 6) is 0.830. The van der Waals surface area contributed by atoms with Gasteiger partial charge in [0.1, 0.15) is 23.5 Å². The molecule has 31 heavy (non-hydrogen) atoms. The minimum Gasteiger partial charge on any atom is -0.474 e.